The molecule has 1 unspecified atom stereocenters. The number of nitrogens with two attached hydrogens (primary N) is 1. The number of ether oxygens (including phenoxy) is 1. The molecule has 5 atom stereocenters. The quantitative estimate of drug-likeness (QED) is 0.338. The maximum atomic E-state index is 11.7. The van der Waals surface area contributed by atoms with Crippen molar-refractivity contribution in [2.45, 2.75) is 30.6 Å². The second-order valence-electron chi connectivity index (χ2n) is 5.00. The van der Waals surface area contributed by atoms with Crippen LogP contribution in [0.1, 0.15) is 6.23 Å². The van der Waals surface area contributed by atoms with E-state index < -0.39 is 42.8 Å². The highest BCUT2D eigenvalue weighted by atomic mass is 16.6. The van der Waals surface area contributed by atoms with Gasteiger partial charge in [0.15, 0.2) is 17.4 Å². The fourth-order valence-electron chi connectivity index (χ4n) is 2.47. The van der Waals surface area contributed by atoms with Crippen molar-refractivity contribution in [3.8, 4) is 0 Å². The highest BCUT2D eigenvalue weighted by molar-refractivity contribution is 5.70. The van der Waals surface area contributed by atoms with Crippen LogP contribution in [0.4, 0.5) is 5.95 Å². The van der Waals surface area contributed by atoms with Crippen LogP contribution in [-0.2, 0) is 4.74 Å². The third kappa shape index (κ3) is 2.15. The summed E-state index contributed by atoms with van der Waals surface area (Å²) in [6, 6.07) is 0. The molecule has 11 nitrogen and oxygen atoms in total. The van der Waals surface area contributed by atoms with Crippen LogP contribution in [0, 0.1) is 0 Å². The third-order valence-corrected chi connectivity index (χ3v) is 3.57. The highest BCUT2D eigenvalue weighted by Crippen LogP contribution is 2.32. The van der Waals surface area contributed by atoms with Crippen molar-refractivity contribution in [2.75, 3.05) is 12.3 Å². The minimum atomic E-state index is -1.43. The summed E-state index contributed by atoms with van der Waals surface area (Å²) < 4.78 is 6.63. The average Bonchev–Trinajstić information content (AvgIpc) is 3.01. The van der Waals surface area contributed by atoms with Crippen LogP contribution in [0.5, 0.6) is 0 Å². The van der Waals surface area contributed by atoms with Gasteiger partial charge in [-0.25, -0.2) is 4.98 Å². The number of nitrogens with zero attached hydrogens (tertiary/aromatic N) is 3. The van der Waals surface area contributed by atoms with Gasteiger partial charge in [-0.3, -0.25) is 14.3 Å². The predicted molar refractivity (Wildman–Crippen MR) is 71.6 cm³/mol. The van der Waals surface area contributed by atoms with Crippen LogP contribution >= 0.6 is 0 Å². The van der Waals surface area contributed by atoms with Crippen molar-refractivity contribution in [1.82, 2.24) is 19.5 Å². The SMILES string of the molecule is Nc1nc2c(ncn2[C@@H]2O[C@H](C(O)CO)[C@@H](O)[C@H]2O)c(=O)[nH]1. The van der Waals surface area contributed by atoms with E-state index in [1.54, 1.807) is 0 Å². The van der Waals surface area contributed by atoms with Crippen molar-refractivity contribution in [3.05, 3.63) is 16.7 Å². The molecule has 1 aliphatic heterocycles. The maximum absolute atomic E-state index is 11.7. The zero-order chi connectivity index (χ0) is 16.0. The molecule has 2 aromatic rings. The lowest BCUT2D eigenvalue weighted by Crippen LogP contribution is -2.40. The van der Waals surface area contributed by atoms with E-state index >= 15 is 0 Å². The Bertz CT molecular complexity index is 744. The minimum Gasteiger partial charge on any atom is -0.394 e. The maximum Gasteiger partial charge on any atom is 0.280 e. The summed E-state index contributed by atoms with van der Waals surface area (Å²) in [5, 5.41) is 38.5. The van der Waals surface area contributed by atoms with Gasteiger partial charge in [0.05, 0.1) is 12.9 Å². The normalized spacial score (nSPS) is 30.0. The number of rotatable bonds is 3. The highest BCUT2D eigenvalue weighted by Gasteiger charge is 2.47. The van der Waals surface area contributed by atoms with E-state index in [1.165, 1.54) is 10.9 Å². The van der Waals surface area contributed by atoms with Gasteiger partial charge in [-0.05, 0) is 0 Å². The molecule has 2 aromatic heterocycles. The Kier molecular flexibility index (Phi) is 3.58. The topological polar surface area (TPSA) is 180 Å². The van der Waals surface area contributed by atoms with Crippen molar-refractivity contribution >= 4 is 17.1 Å². The van der Waals surface area contributed by atoms with Crippen LogP contribution in [0.3, 0.4) is 0 Å². The van der Waals surface area contributed by atoms with E-state index in [0.29, 0.717) is 0 Å². The van der Waals surface area contributed by atoms with Crippen molar-refractivity contribution in [3.63, 3.8) is 0 Å². The minimum absolute atomic E-state index is 0.00866. The summed E-state index contributed by atoms with van der Waals surface area (Å²) in [4.78, 5) is 21.8. The zero-order valence-corrected chi connectivity index (χ0v) is 11.2. The number of aliphatic hydroxyl groups is 4. The molecule has 0 saturated carbocycles. The summed E-state index contributed by atoms with van der Waals surface area (Å²) in [7, 11) is 0. The number of anilines is 1. The predicted octanol–water partition coefficient (Wildman–Crippen LogP) is -3.33. The van der Waals surface area contributed by atoms with Gasteiger partial charge >= 0.3 is 0 Å². The van der Waals surface area contributed by atoms with E-state index in [4.69, 9.17) is 15.6 Å². The Morgan fingerprint density at radius 1 is 1.45 bits per heavy atom. The van der Waals surface area contributed by atoms with Gasteiger partial charge in [-0.1, -0.05) is 0 Å². The van der Waals surface area contributed by atoms with Gasteiger partial charge in [0, 0.05) is 0 Å². The first-order chi connectivity index (χ1) is 10.4. The first kappa shape index (κ1) is 14.9. The molecule has 0 aliphatic carbocycles. The van der Waals surface area contributed by atoms with Crippen molar-refractivity contribution < 1.29 is 25.2 Å². The number of aromatic amines is 1. The van der Waals surface area contributed by atoms with Crippen LogP contribution in [0.2, 0.25) is 0 Å². The van der Waals surface area contributed by atoms with Crippen molar-refractivity contribution in [2.24, 2.45) is 0 Å². The molecule has 3 heterocycles. The van der Waals surface area contributed by atoms with Gasteiger partial charge in [0.25, 0.3) is 5.56 Å². The second-order valence-corrected chi connectivity index (χ2v) is 5.00. The average molecular weight is 313 g/mol. The summed E-state index contributed by atoms with van der Waals surface area (Å²) in [6.45, 7) is -0.642. The number of H-pyrrole nitrogens is 1. The summed E-state index contributed by atoms with van der Waals surface area (Å²) in [5.74, 6) is -0.140. The lowest BCUT2D eigenvalue weighted by molar-refractivity contribution is -0.0962. The van der Waals surface area contributed by atoms with Gasteiger partial charge in [0.1, 0.15) is 24.4 Å². The molecule has 0 aromatic carbocycles. The number of nitrogens with one attached hydrogen (secondary N) is 1. The smallest absolute Gasteiger partial charge is 0.280 e. The molecular weight excluding hydrogens is 298 g/mol. The molecule has 11 heteroatoms. The first-order valence-corrected chi connectivity index (χ1v) is 6.47. The van der Waals surface area contributed by atoms with Crippen LogP contribution < -0.4 is 11.3 Å². The van der Waals surface area contributed by atoms with Gasteiger partial charge in [-0.15, -0.1) is 0 Å². The Morgan fingerprint density at radius 3 is 2.86 bits per heavy atom. The molecule has 7 N–H and O–H groups in total. The third-order valence-electron chi connectivity index (χ3n) is 3.57. The van der Waals surface area contributed by atoms with Crippen LogP contribution in [0.15, 0.2) is 11.1 Å². The molecule has 1 fully saturated rings. The second kappa shape index (κ2) is 5.30. The summed E-state index contributed by atoms with van der Waals surface area (Å²) >= 11 is 0. The fraction of sp³-hybridized carbons (Fsp3) is 0.545. The number of hydrogen-bond donors (Lipinski definition) is 6. The van der Waals surface area contributed by atoms with E-state index in [1.807, 2.05) is 0 Å². The number of hydrogen-bond acceptors (Lipinski definition) is 9. The van der Waals surface area contributed by atoms with Crippen molar-refractivity contribution in [1.29, 1.82) is 0 Å². The Labute approximate surface area is 122 Å². The number of fused-ring (bicyclic) bond motifs is 1. The lowest BCUT2D eigenvalue weighted by Gasteiger charge is -2.18. The molecule has 22 heavy (non-hydrogen) atoms. The molecule has 0 spiro atoms. The van der Waals surface area contributed by atoms with E-state index in [9.17, 15) is 20.1 Å². The number of aliphatic hydroxyl groups excluding tert-OH is 4. The largest absolute Gasteiger partial charge is 0.394 e. The molecule has 3 rings (SSSR count). The molecule has 1 saturated heterocycles. The molecule has 0 bridgehead atoms. The van der Waals surface area contributed by atoms with Gasteiger partial charge in [0.2, 0.25) is 5.95 Å². The van der Waals surface area contributed by atoms with Gasteiger partial charge < -0.3 is 30.9 Å². The molecule has 0 radical (unpaired) electrons. The Hall–Kier alpha value is -2.05. The number of aromatic nitrogens is 4. The van der Waals surface area contributed by atoms with E-state index in [-0.39, 0.29) is 17.1 Å². The lowest BCUT2D eigenvalue weighted by atomic mass is 10.1. The molecule has 1 aliphatic rings. The number of imidazole rings is 1. The molecule has 0 amide bonds. The van der Waals surface area contributed by atoms with Gasteiger partial charge in [-0.2, -0.15) is 4.98 Å². The summed E-state index contributed by atoms with van der Waals surface area (Å²) in [5.41, 5.74) is 4.98. The van der Waals surface area contributed by atoms with E-state index in [0.717, 1.165) is 0 Å². The zero-order valence-electron chi connectivity index (χ0n) is 11.2. The summed E-state index contributed by atoms with van der Waals surface area (Å²) in [6.07, 6.45) is -5.33. The fourth-order valence-corrected chi connectivity index (χ4v) is 2.47. The Balaban J connectivity index is 2.03. The Morgan fingerprint density at radius 2 is 2.18 bits per heavy atom. The monoisotopic (exact) mass is 313 g/mol. The first-order valence-electron chi connectivity index (χ1n) is 6.47. The molecular formula is C11H15N5O6. The number of nitrogen functional groups attached to an aromatic ring is 1. The van der Waals surface area contributed by atoms with Crippen LogP contribution in [0.25, 0.3) is 11.2 Å². The standard InChI is InChI=1S/C11H15N5O6/c12-11-14-8-4(9(21)15-11)13-2-16(8)10-6(20)5(19)7(22-10)3(18)1-17/h2-3,5-7,10,17-20H,1H2,(H3,12,14,15,21)/t3?,5-,6+,7+,10+/m0/s1. The molecule has 120 valence electrons. The van der Waals surface area contributed by atoms with Crippen LogP contribution in [-0.4, -0.2) is 71.0 Å². The van der Waals surface area contributed by atoms with E-state index in [2.05, 4.69) is 15.0 Å².